The minimum Gasteiger partial charge on any atom is -0.296 e. The van der Waals surface area contributed by atoms with E-state index in [0.717, 1.165) is 23.7 Å². The highest BCUT2D eigenvalue weighted by Crippen LogP contribution is 2.35. The Morgan fingerprint density at radius 1 is 0.929 bits per heavy atom. The summed E-state index contributed by atoms with van der Waals surface area (Å²) in [6.45, 7) is 1.83. The fourth-order valence-corrected chi connectivity index (χ4v) is 5.50. The molecule has 0 unspecified atom stereocenters. The molecule has 5 rings (SSSR count). The van der Waals surface area contributed by atoms with E-state index in [0.29, 0.717) is 0 Å². The van der Waals surface area contributed by atoms with Crippen LogP contribution in [0.25, 0.3) is 16.2 Å². The normalized spacial score (nSPS) is 13.9. The van der Waals surface area contributed by atoms with Crippen LogP contribution in [0.2, 0.25) is 0 Å². The van der Waals surface area contributed by atoms with E-state index in [1.165, 1.54) is 48.2 Å². The minimum absolute atomic E-state index is 0.892. The summed E-state index contributed by atoms with van der Waals surface area (Å²) in [4.78, 5) is 10.2. The van der Waals surface area contributed by atoms with Crippen molar-refractivity contribution >= 4 is 16.3 Å². The molecule has 0 atom stereocenters. The third-order valence-corrected chi connectivity index (χ3v) is 6.72. The molecule has 0 spiro atoms. The van der Waals surface area contributed by atoms with Crippen LogP contribution in [-0.4, -0.2) is 21.3 Å². The molecule has 0 fully saturated rings. The summed E-state index contributed by atoms with van der Waals surface area (Å²) in [7, 11) is 2.21. The van der Waals surface area contributed by atoms with Crippen LogP contribution in [0.5, 0.6) is 0 Å². The zero-order valence-corrected chi connectivity index (χ0v) is 17.1. The zero-order valence-electron chi connectivity index (χ0n) is 16.3. The largest absolute Gasteiger partial charge is 0.296 e. The van der Waals surface area contributed by atoms with E-state index in [1.54, 1.807) is 4.88 Å². The summed E-state index contributed by atoms with van der Waals surface area (Å²) in [6.07, 6.45) is 4.99. The Bertz CT molecular complexity index is 1080. The highest BCUT2D eigenvalue weighted by molar-refractivity contribution is 7.17. The van der Waals surface area contributed by atoms with Crippen LogP contribution in [0.4, 0.5) is 0 Å². The van der Waals surface area contributed by atoms with Crippen molar-refractivity contribution in [3.63, 3.8) is 0 Å². The van der Waals surface area contributed by atoms with Gasteiger partial charge in [-0.2, -0.15) is 0 Å². The fourth-order valence-electron chi connectivity index (χ4n) is 4.28. The van der Waals surface area contributed by atoms with Crippen LogP contribution < -0.4 is 0 Å². The molecule has 0 aliphatic heterocycles. The fraction of sp³-hybridized carbons (Fsp3) is 0.292. The molecule has 1 aliphatic rings. The lowest BCUT2D eigenvalue weighted by Gasteiger charge is -2.19. The van der Waals surface area contributed by atoms with E-state index in [-0.39, 0.29) is 0 Å². The topological polar surface area (TPSA) is 20.5 Å². The van der Waals surface area contributed by atoms with Crippen LogP contribution in [0.3, 0.4) is 0 Å². The summed E-state index contributed by atoms with van der Waals surface area (Å²) in [5.74, 6) is 0. The molecule has 2 aromatic heterocycles. The molecule has 2 heterocycles. The first kappa shape index (κ1) is 17.7. The van der Waals surface area contributed by atoms with Crippen molar-refractivity contribution in [1.82, 2.24) is 14.3 Å². The molecule has 0 saturated heterocycles. The number of fused-ring (bicyclic) bond motifs is 3. The lowest BCUT2D eigenvalue weighted by Crippen LogP contribution is -2.19. The van der Waals surface area contributed by atoms with E-state index < -0.39 is 0 Å². The van der Waals surface area contributed by atoms with E-state index in [1.807, 2.05) is 11.3 Å². The summed E-state index contributed by atoms with van der Waals surface area (Å²) in [5, 5.41) is 0. The molecular weight excluding hydrogens is 362 g/mol. The van der Waals surface area contributed by atoms with Crippen LogP contribution in [0, 0.1) is 0 Å². The third-order valence-electron chi connectivity index (χ3n) is 5.58. The third kappa shape index (κ3) is 3.27. The SMILES string of the molecule is CN(Cc1ccccc1)Cc1c(-c2ccccc2)nc2sc3c(n12)CCCC3. The second-order valence-corrected chi connectivity index (χ2v) is 8.79. The Hall–Kier alpha value is -2.43. The number of rotatable bonds is 5. The van der Waals surface area contributed by atoms with E-state index in [9.17, 15) is 0 Å². The van der Waals surface area contributed by atoms with E-state index in [2.05, 4.69) is 77.0 Å². The first-order valence-electron chi connectivity index (χ1n) is 10.1. The minimum atomic E-state index is 0.892. The van der Waals surface area contributed by atoms with Gasteiger partial charge in [-0.1, -0.05) is 60.7 Å². The van der Waals surface area contributed by atoms with Crippen molar-refractivity contribution in [2.75, 3.05) is 7.05 Å². The molecule has 1 aliphatic carbocycles. The monoisotopic (exact) mass is 387 g/mol. The Balaban J connectivity index is 1.57. The number of benzene rings is 2. The molecular formula is C24H25N3S. The van der Waals surface area contributed by atoms with Gasteiger partial charge in [-0.25, -0.2) is 4.98 Å². The van der Waals surface area contributed by atoms with Gasteiger partial charge in [0.2, 0.25) is 0 Å². The van der Waals surface area contributed by atoms with Crippen molar-refractivity contribution < 1.29 is 0 Å². The summed E-state index contributed by atoms with van der Waals surface area (Å²) >= 11 is 1.89. The Kier molecular flexibility index (Phi) is 4.75. The highest BCUT2D eigenvalue weighted by Gasteiger charge is 2.23. The number of thiazole rings is 1. The average molecular weight is 388 g/mol. The first-order valence-corrected chi connectivity index (χ1v) is 10.9. The van der Waals surface area contributed by atoms with Gasteiger partial charge in [0.15, 0.2) is 4.96 Å². The maximum Gasteiger partial charge on any atom is 0.194 e. The molecule has 0 saturated carbocycles. The Labute approximate surface area is 170 Å². The molecule has 3 nitrogen and oxygen atoms in total. The Morgan fingerprint density at radius 3 is 2.43 bits per heavy atom. The number of hydrogen-bond donors (Lipinski definition) is 0. The number of nitrogens with zero attached hydrogens (tertiary/aromatic N) is 3. The molecule has 28 heavy (non-hydrogen) atoms. The average Bonchev–Trinajstić information content (AvgIpc) is 3.26. The molecule has 0 bridgehead atoms. The maximum atomic E-state index is 5.10. The first-order chi connectivity index (χ1) is 13.8. The maximum absolute atomic E-state index is 5.10. The van der Waals surface area contributed by atoms with Crippen molar-refractivity contribution in [3.8, 4) is 11.3 Å². The van der Waals surface area contributed by atoms with Gasteiger partial charge in [-0.05, 0) is 38.3 Å². The van der Waals surface area contributed by atoms with Gasteiger partial charge < -0.3 is 0 Å². The predicted octanol–water partition coefficient (Wildman–Crippen LogP) is 5.57. The summed E-state index contributed by atoms with van der Waals surface area (Å²) in [5.41, 5.74) is 6.54. The zero-order chi connectivity index (χ0) is 18.9. The number of aryl methyl sites for hydroxylation is 2. The second-order valence-electron chi connectivity index (χ2n) is 7.73. The van der Waals surface area contributed by atoms with Gasteiger partial charge >= 0.3 is 0 Å². The van der Waals surface area contributed by atoms with Gasteiger partial charge in [0.1, 0.15) is 0 Å². The van der Waals surface area contributed by atoms with Crippen LogP contribution in [-0.2, 0) is 25.9 Å². The lowest BCUT2D eigenvalue weighted by atomic mass is 10.0. The number of aromatic nitrogens is 2. The number of hydrogen-bond acceptors (Lipinski definition) is 3. The standard InChI is InChI=1S/C24H25N3S/c1-26(16-18-10-4-2-5-11-18)17-21-23(19-12-6-3-7-13-19)25-24-27(21)20-14-8-9-15-22(20)28-24/h2-7,10-13H,8-9,14-17H2,1H3. The molecule has 0 N–H and O–H groups in total. The Morgan fingerprint density at radius 2 is 1.64 bits per heavy atom. The summed E-state index contributed by atoms with van der Waals surface area (Å²) in [6, 6.07) is 21.4. The quantitative estimate of drug-likeness (QED) is 0.446. The second kappa shape index (κ2) is 7.53. The molecule has 0 amide bonds. The van der Waals surface area contributed by atoms with Gasteiger partial charge in [0, 0.05) is 29.2 Å². The lowest BCUT2D eigenvalue weighted by molar-refractivity contribution is 0.314. The number of imidazole rings is 1. The van der Waals surface area contributed by atoms with Gasteiger partial charge in [-0.15, -0.1) is 11.3 Å². The molecule has 4 aromatic rings. The van der Waals surface area contributed by atoms with Crippen LogP contribution >= 0.6 is 11.3 Å². The van der Waals surface area contributed by atoms with Gasteiger partial charge in [0.05, 0.1) is 11.4 Å². The van der Waals surface area contributed by atoms with Crippen LogP contribution in [0.15, 0.2) is 60.7 Å². The van der Waals surface area contributed by atoms with Gasteiger partial charge in [0.25, 0.3) is 0 Å². The van der Waals surface area contributed by atoms with Crippen molar-refractivity contribution in [2.24, 2.45) is 0 Å². The highest BCUT2D eigenvalue weighted by atomic mass is 32.1. The predicted molar refractivity (Wildman–Crippen MR) is 117 cm³/mol. The van der Waals surface area contributed by atoms with E-state index >= 15 is 0 Å². The molecule has 142 valence electrons. The van der Waals surface area contributed by atoms with Crippen molar-refractivity contribution in [3.05, 3.63) is 82.5 Å². The smallest absolute Gasteiger partial charge is 0.194 e. The molecule has 4 heteroatoms. The molecule has 0 radical (unpaired) electrons. The van der Waals surface area contributed by atoms with Crippen LogP contribution in [0.1, 0.15) is 34.7 Å². The van der Waals surface area contributed by atoms with Crippen molar-refractivity contribution in [2.45, 2.75) is 38.8 Å². The van der Waals surface area contributed by atoms with Gasteiger partial charge in [-0.3, -0.25) is 9.30 Å². The summed E-state index contributed by atoms with van der Waals surface area (Å²) < 4.78 is 2.48. The molecule has 2 aromatic carbocycles. The van der Waals surface area contributed by atoms with Crippen molar-refractivity contribution in [1.29, 1.82) is 0 Å². The van der Waals surface area contributed by atoms with E-state index in [4.69, 9.17) is 4.98 Å².